The predicted molar refractivity (Wildman–Crippen MR) is 219 cm³/mol. The van der Waals surface area contributed by atoms with Gasteiger partial charge in [0.2, 0.25) is 17.8 Å². The van der Waals surface area contributed by atoms with Crippen LogP contribution in [0, 0.1) is 0 Å². The normalized spacial score (nSPS) is 15.4. The molecule has 25 heteroatoms. The van der Waals surface area contributed by atoms with Gasteiger partial charge in [0.05, 0.1) is 44.6 Å². The van der Waals surface area contributed by atoms with E-state index < -0.39 is 53.2 Å². The van der Waals surface area contributed by atoms with Gasteiger partial charge in [0, 0.05) is 83.1 Å². The van der Waals surface area contributed by atoms with Crippen molar-refractivity contribution >= 4 is 64.4 Å². The highest BCUT2D eigenvalue weighted by molar-refractivity contribution is 5.97. The van der Waals surface area contributed by atoms with E-state index in [-0.39, 0.29) is 134 Å². The van der Waals surface area contributed by atoms with Gasteiger partial charge in [-0.3, -0.25) is 58.1 Å². The van der Waals surface area contributed by atoms with Crippen molar-refractivity contribution < 1.29 is 54.0 Å². The van der Waals surface area contributed by atoms with Crippen LogP contribution in [0.3, 0.4) is 0 Å². The molecule has 4 rings (SSSR count). The number of carbonyl (C=O) groups is 7. The van der Waals surface area contributed by atoms with Crippen LogP contribution < -0.4 is 32.6 Å². The number of nitrogen functional groups attached to an aromatic ring is 1. The molecule has 0 unspecified atom stereocenters. The molecule has 1 fully saturated rings. The first-order valence-electron chi connectivity index (χ1n) is 19.5. The fourth-order valence-electron chi connectivity index (χ4n) is 6.30. The van der Waals surface area contributed by atoms with E-state index in [1.165, 1.54) is 18.3 Å². The highest BCUT2D eigenvalue weighted by atomic mass is 16.4. The highest BCUT2D eigenvalue weighted by Crippen LogP contribution is 2.13. The van der Waals surface area contributed by atoms with E-state index >= 15 is 0 Å². The zero-order valence-corrected chi connectivity index (χ0v) is 33.7. The van der Waals surface area contributed by atoms with Gasteiger partial charge in [0.25, 0.3) is 11.5 Å². The molecule has 62 heavy (non-hydrogen) atoms. The molecule has 336 valence electrons. The molecule has 1 aliphatic rings. The van der Waals surface area contributed by atoms with Gasteiger partial charge >= 0.3 is 23.9 Å². The van der Waals surface area contributed by atoms with E-state index in [1.807, 2.05) is 0 Å². The number of aromatic amines is 1. The van der Waals surface area contributed by atoms with Crippen molar-refractivity contribution in [2.45, 2.75) is 25.4 Å². The van der Waals surface area contributed by atoms with Gasteiger partial charge in [-0.1, -0.05) is 0 Å². The Kier molecular flexibility index (Phi) is 18.4. The van der Waals surface area contributed by atoms with Crippen LogP contribution in [0.1, 0.15) is 28.9 Å². The Bertz CT molecular complexity index is 2090. The van der Waals surface area contributed by atoms with Crippen LogP contribution in [-0.4, -0.2) is 199 Å². The quantitative estimate of drug-likeness (QED) is 0.0494. The van der Waals surface area contributed by atoms with Gasteiger partial charge in [-0.25, -0.2) is 14.8 Å². The Balaban J connectivity index is 1.20. The summed E-state index contributed by atoms with van der Waals surface area (Å²) in [4.78, 5) is 118. The van der Waals surface area contributed by atoms with Crippen LogP contribution in [0.5, 0.6) is 0 Å². The molecule has 25 nitrogen and oxygen atoms in total. The standard InChI is InChI=1S/C37H51N13O12/c38-37-45-33-32(35(60)46-37)43-25(18-42-33)17-41-24-3-1-23(2-4-24)34(59)44-26(36(61)62)5-6-27(51)39-7-8-40-28(52)19-47-9-11-48(20-29(53)54)13-15-50(22-31(57)58)16-14-49(12-10-47)21-30(55)56/h1-4,18,26,41H,5-17,19-22H2,(H,39,51)(H,40,52)(H,44,59)(H,53,54)(H,55,56)(H,57,58)(H,61,62)(H3,38,42,45,46,60)/t26-/m0/s1. The second-order valence-corrected chi connectivity index (χ2v) is 14.3. The lowest BCUT2D eigenvalue weighted by Crippen LogP contribution is -2.50. The lowest BCUT2D eigenvalue weighted by molar-refractivity contribution is -0.140. The Labute approximate surface area is 353 Å². The second-order valence-electron chi connectivity index (χ2n) is 14.3. The van der Waals surface area contributed by atoms with Crippen molar-refractivity contribution in [1.82, 2.24) is 55.5 Å². The van der Waals surface area contributed by atoms with Crippen molar-refractivity contribution in [2.24, 2.45) is 0 Å². The third-order valence-corrected chi connectivity index (χ3v) is 9.51. The highest BCUT2D eigenvalue weighted by Gasteiger charge is 2.23. The summed E-state index contributed by atoms with van der Waals surface area (Å²) in [6.45, 7) is 1.14. The molecular weight excluding hydrogens is 818 g/mol. The largest absolute Gasteiger partial charge is 0.480 e. The van der Waals surface area contributed by atoms with E-state index in [9.17, 15) is 58.8 Å². The van der Waals surface area contributed by atoms with Gasteiger partial charge in [-0.05, 0) is 30.7 Å². The molecule has 2 aromatic heterocycles. The summed E-state index contributed by atoms with van der Waals surface area (Å²) in [5.74, 6) is -6.23. The average Bonchev–Trinajstić information content (AvgIpc) is 3.20. The summed E-state index contributed by atoms with van der Waals surface area (Å²) in [5.41, 5.74) is 6.31. The molecule has 3 aromatic rings. The van der Waals surface area contributed by atoms with E-state index in [0.717, 1.165) is 0 Å². The molecule has 0 saturated carbocycles. The molecule has 1 aliphatic heterocycles. The maximum Gasteiger partial charge on any atom is 0.326 e. The van der Waals surface area contributed by atoms with E-state index in [2.05, 4.69) is 41.2 Å². The minimum Gasteiger partial charge on any atom is -0.480 e. The maximum absolute atomic E-state index is 12.9. The number of nitrogens with zero attached hydrogens (tertiary/aromatic N) is 7. The summed E-state index contributed by atoms with van der Waals surface area (Å²) < 4.78 is 0. The van der Waals surface area contributed by atoms with Crippen LogP contribution in [0.15, 0.2) is 35.3 Å². The Morgan fingerprint density at radius 1 is 0.710 bits per heavy atom. The van der Waals surface area contributed by atoms with Crippen molar-refractivity contribution in [3.63, 3.8) is 0 Å². The number of hydrogen-bond acceptors (Lipinski definition) is 17. The minimum atomic E-state index is -1.38. The topological polar surface area (TPSA) is 359 Å². The van der Waals surface area contributed by atoms with E-state index in [4.69, 9.17) is 5.73 Å². The Morgan fingerprint density at radius 3 is 1.71 bits per heavy atom. The number of carbonyl (C=O) groups excluding carboxylic acids is 3. The van der Waals surface area contributed by atoms with E-state index in [1.54, 1.807) is 31.7 Å². The zero-order valence-electron chi connectivity index (χ0n) is 33.7. The summed E-state index contributed by atoms with van der Waals surface area (Å²) in [5, 5.41) is 48.6. The van der Waals surface area contributed by atoms with Crippen molar-refractivity contribution in [3.05, 3.63) is 52.1 Å². The lowest BCUT2D eigenvalue weighted by Gasteiger charge is -2.32. The number of nitrogens with one attached hydrogen (secondary N) is 5. The summed E-state index contributed by atoms with van der Waals surface area (Å²) >= 11 is 0. The first-order chi connectivity index (χ1) is 29.5. The number of carboxylic acids is 4. The average molecular weight is 870 g/mol. The number of rotatable bonds is 20. The van der Waals surface area contributed by atoms with Crippen LogP contribution in [-0.2, 0) is 35.3 Å². The fourth-order valence-corrected chi connectivity index (χ4v) is 6.30. The summed E-state index contributed by atoms with van der Waals surface area (Å²) in [6, 6.07) is 4.74. The molecule has 0 radical (unpaired) electrons. The third kappa shape index (κ3) is 16.7. The molecule has 0 bridgehead atoms. The summed E-state index contributed by atoms with van der Waals surface area (Å²) in [7, 11) is 0. The smallest absolute Gasteiger partial charge is 0.326 e. The molecular formula is C37H51N13O12. The number of nitrogens with two attached hydrogens (primary N) is 1. The number of aromatic nitrogens is 4. The molecule has 0 aliphatic carbocycles. The molecule has 11 N–H and O–H groups in total. The molecule has 1 atom stereocenters. The summed E-state index contributed by atoms with van der Waals surface area (Å²) in [6.07, 6.45) is 0.965. The first kappa shape index (κ1) is 47.8. The van der Waals surface area contributed by atoms with Crippen molar-refractivity contribution in [3.8, 4) is 0 Å². The minimum absolute atomic E-state index is 0.0126. The molecule has 1 aromatic carbocycles. The number of benzene rings is 1. The molecule has 3 heterocycles. The SMILES string of the molecule is Nc1nc2ncc(CNc3ccc(C(=O)N[C@@H](CCC(=O)NCCNC(=O)CN4CCN(CC(=O)O)CCN(CC(=O)O)CCN(CC(=O)O)CC4)C(=O)O)cc3)nc2c(=O)[nH]1. The number of hydrogen-bond donors (Lipinski definition) is 10. The molecule has 1 saturated heterocycles. The zero-order chi connectivity index (χ0) is 45.2. The predicted octanol–water partition coefficient (Wildman–Crippen LogP) is -3.42. The monoisotopic (exact) mass is 869 g/mol. The van der Waals surface area contributed by atoms with Gasteiger partial charge in [0.15, 0.2) is 11.2 Å². The van der Waals surface area contributed by atoms with Crippen molar-refractivity contribution in [1.29, 1.82) is 0 Å². The number of anilines is 2. The first-order valence-corrected chi connectivity index (χ1v) is 19.5. The van der Waals surface area contributed by atoms with Gasteiger partial charge in [-0.15, -0.1) is 0 Å². The van der Waals surface area contributed by atoms with E-state index in [0.29, 0.717) is 11.4 Å². The van der Waals surface area contributed by atoms with Gasteiger partial charge < -0.3 is 47.4 Å². The van der Waals surface area contributed by atoms with Crippen molar-refractivity contribution in [2.75, 3.05) is 103 Å². The number of carboxylic acid groups (broad SMARTS) is 4. The van der Waals surface area contributed by atoms with Crippen LogP contribution >= 0.6 is 0 Å². The van der Waals surface area contributed by atoms with Crippen LogP contribution in [0.2, 0.25) is 0 Å². The van der Waals surface area contributed by atoms with Gasteiger partial charge in [0.1, 0.15) is 6.04 Å². The lowest BCUT2D eigenvalue weighted by atomic mass is 10.1. The Hall–Kier alpha value is -6.83. The molecule has 3 amide bonds. The fraction of sp³-hybridized carbons (Fsp3) is 0.486. The van der Waals surface area contributed by atoms with Crippen LogP contribution in [0.25, 0.3) is 11.2 Å². The number of aliphatic carboxylic acids is 4. The maximum atomic E-state index is 12.9. The number of amides is 3. The third-order valence-electron chi connectivity index (χ3n) is 9.51. The van der Waals surface area contributed by atoms with Crippen LogP contribution in [0.4, 0.5) is 11.6 Å². The second kappa shape index (κ2) is 23.8. The van der Waals surface area contributed by atoms with Gasteiger partial charge in [-0.2, -0.15) is 4.98 Å². The molecule has 0 spiro atoms. The number of H-pyrrole nitrogens is 1. The number of fused-ring (bicyclic) bond motifs is 1. The Morgan fingerprint density at radius 2 is 1.21 bits per heavy atom.